The summed E-state index contributed by atoms with van der Waals surface area (Å²) >= 11 is 0. The second kappa shape index (κ2) is 5.17. The van der Waals surface area contributed by atoms with Gasteiger partial charge in [-0.2, -0.15) is 0 Å². The van der Waals surface area contributed by atoms with Gasteiger partial charge in [-0.25, -0.2) is 0 Å². The van der Waals surface area contributed by atoms with E-state index in [0.29, 0.717) is 17.9 Å². The van der Waals surface area contributed by atoms with Gasteiger partial charge < -0.3 is 9.15 Å². The largest absolute Gasteiger partial charge is 0.466 e. The second-order valence-electron chi connectivity index (χ2n) is 4.96. The van der Waals surface area contributed by atoms with Gasteiger partial charge in [-0.1, -0.05) is 0 Å². The van der Waals surface area contributed by atoms with E-state index in [1.807, 2.05) is 20.8 Å². The van der Waals surface area contributed by atoms with Gasteiger partial charge >= 0.3 is 5.97 Å². The van der Waals surface area contributed by atoms with Gasteiger partial charge in [0.2, 0.25) is 0 Å². The van der Waals surface area contributed by atoms with E-state index in [1.165, 1.54) is 12.1 Å². The number of ether oxygens (including phenoxy) is 1. The van der Waals surface area contributed by atoms with Crippen molar-refractivity contribution < 1.29 is 13.9 Å². The number of hydrogen-bond donors (Lipinski definition) is 0. The Morgan fingerprint density at radius 1 is 1.35 bits per heavy atom. The van der Waals surface area contributed by atoms with E-state index in [0.717, 1.165) is 0 Å². The van der Waals surface area contributed by atoms with Crippen molar-refractivity contribution in [2.45, 2.75) is 46.1 Å². The van der Waals surface area contributed by atoms with Crippen LogP contribution in [0.3, 0.4) is 0 Å². The highest BCUT2D eigenvalue weighted by molar-refractivity contribution is 5.70. The van der Waals surface area contributed by atoms with Crippen molar-refractivity contribution in [1.29, 1.82) is 0 Å². The zero-order chi connectivity index (χ0) is 13.1. The number of esters is 1. The summed E-state index contributed by atoms with van der Waals surface area (Å²) in [5, 5.41) is 0. The van der Waals surface area contributed by atoms with Crippen LogP contribution in [-0.4, -0.2) is 11.6 Å². The molecule has 17 heavy (non-hydrogen) atoms. The Hall–Kier alpha value is -1.58. The van der Waals surface area contributed by atoms with E-state index < -0.39 is 5.60 Å². The van der Waals surface area contributed by atoms with Crippen LogP contribution in [0, 0.1) is 6.92 Å². The lowest BCUT2D eigenvalue weighted by molar-refractivity contribution is -0.154. The van der Waals surface area contributed by atoms with Crippen LogP contribution in [0.5, 0.6) is 0 Å². The van der Waals surface area contributed by atoms with Crippen LogP contribution in [0.15, 0.2) is 21.3 Å². The molecule has 1 heterocycles. The molecule has 0 spiro atoms. The molecule has 0 saturated heterocycles. The molecular formula is C13H18O4. The maximum atomic E-state index is 11.5. The highest BCUT2D eigenvalue weighted by Gasteiger charge is 2.16. The monoisotopic (exact) mass is 238 g/mol. The van der Waals surface area contributed by atoms with Crippen molar-refractivity contribution in [1.82, 2.24) is 0 Å². The first-order valence-electron chi connectivity index (χ1n) is 5.59. The third-order valence-electron chi connectivity index (χ3n) is 1.94. The number of rotatable bonds is 3. The first kappa shape index (κ1) is 13.5. The van der Waals surface area contributed by atoms with Gasteiger partial charge in [0, 0.05) is 18.6 Å². The minimum atomic E-state index is -0.482. The Labute approximate surface area is 101 Å². The van der Waals surface area contributed by atoms with Gasteiger partial charge in [-0.3, -0.25) is 9.59 Å². The molecule has 0 bridgehead atoms. The molecule has 1 aromatic heterocycles. The van der Waals surface area contributed by atoms with Crippen LogP contribution >= 0.6 is 0 Å². The first-order chi connectivity index (χ1) is 7.76. The molecule has 0 aliphatic heterocycles. The molecule has 0 amide bonds. The van der Waals surface area contributed by atoms with Crippen molar-refractivity contribution in [2.24, 2.45) is 0 Å². The fourth-order valence-electron chi connectivity index (χ4n) is 1.41. The van der Waals surface area contributed by atoms with Crippen molar-refractivity contribution in [3.63, 3.8) is 0 Å². The summed E-state index contributed by atoms with van der Waals surface area (Å²) in [5.74, 6) is 0.777. The van der Waals surface area contributed by atoms with Crippen molar-refractivity contribution >= 4 is 5.97 Å². The van der Waals surface area contributed by atoms with Crippen molar-refractivity contribution in [3.05, 3.63) is 33.9 Å². The zero-order valence-corrected chi connectivity index (χ0v) is 10.7. The Morgan fingerprint density at radius 3 is 2.53 bits per heavy atom. The summed E-state index contributed by atoms with van der Waals surface area (Å²) in [6, 6.07) is 2.81. The topological polar surface area (TPSA) is 56.5 Å². The summed E-state index contributed by atoms with van der Waals surface area (Å²) in [6.45, 7) is 7.16. The lowest BCUT2D eigenvalue weighted by Gasteiger charge is -2.19. The maximum absolute atomic E-state index is 11.5. The molecule has 94 valence electrons. The molecule has 1 aromatic rings. The molecule has 0 saturated carbocycles. The summed E-state index contributed by atoms with van der Waals surface area (Å²) in [7, 11) is 0. The molecule has 4 heteroatoms. The molecule has 0 aliphatic carbocycles. The molecule has 0 unspecified atom stereocenters. The van der Waals surface area contributed by atoms with E-state index in [1.54, 1.807) is 6.92 Å². The van der Waals surface area contributed by atoms with Crippen molar-refractivity contribution in [2.75, 3.05) is 0 Å². The summed E-state index contributed by atoms with van der Waals surface area (Å²) in [4.78, 5) is 22.7. The zero-order valence-electron chi connectivity index (χ0n) is 10.7. The Bertz CT molecular complexity index is 451. The lowest BCUT2D eigenvalue weighted by atomic mass is 10.2. The van der Waals surface area contributed by atoms with Crippen LogP contribution in [0.25, 0.3) is 0 Å². The molecule has 0 atom stereocenters. The molecular weight excluding hydrogens is 220 g/mol. The number of hydrogen-bond acceptors (Lipinski definition) is 4. The van der Waals surface area contributed by atoms with Gasteiger partial charge in [0.05, 0.1) is 6.42 Å². The van der Waals surface area contributed by atoms with E-state index in [4.69, 9.17) is 9.15 Å². The van der Waals surface area contributed by atoms with E-state index in [9.17, 15) is 9.59 Å². The molecule has 0 N–H and O–H groups in total. The average Bonchev–Trinajstić information content (AvgIpc) is 2.10. The van der Waals surface area contributed by atoms with Crippen LogP contribution in [0.1, 0.15) is 38.7 Å². The highest BCUT2D eigenvalue weighted by Crippen LogP contribution is 2.10. The molecule has 4 nitrogen and oxygen atoms in total. The van der Waals surface area contributed by atoms with Gasteiger partial charge in [-0.15, -0.1) is 0 Å². The number of carbonyl (C=O) groups excluding carboxylic acids is 1. The van der Waals surface area contributed by atoms with Crippen molar-refractivity contribution in [3.8, 4) is 0 Å². The minimum Gasteiger partial charge on any atom is -0.466 e. The van der Waals surface area contributed by atoms with E-state index in [2.05, 4.69) is 0 Å². The third kappa shape index (κ3) is 5.33. The number of carbonyl (C=O) groups is 1. The van der Waals surface area contributed by atoms with E-state index >= 15 is 0 Å². The predicted octanol–water partition coefficient (Wildman–Crippen LogP) is 2.22. The SMILES string of the molecule is Cc1cc(=O)cc(CCC(=O)OC(C)(C)C)o1. The maximum Gasteiger partial charge on any atom is 0.306 e. The Balaban J connectivity index is 2.56. The standard InChI is InChI=1S/C13H18O4/c1-9-7-10(14)8-11(16-9)5-6-12(15)17-13(2,3)4/h7-8H,5-6H2,1-4H3. The molecule has 1 rings (SSSR count). The number of aryl methyl sites for hydroxylation is 2. The Morgan fingerprint density at radius 2 is 2.00 bits per heavy atom. The molecule has 0 aliphatic rings. The summed E-state index contributed by atoms with van der Waals surface area (Å²) < 4.78 is 10.5. The fraction of sp³-hybridized carbons (Fsp3) is 0.538. The van der Waals surface area contributed by atoms with Gasteiger partial charge in [0.25, 0.3) is 0 Å². The van der Waals surface area contributed by atoms with Crippen LogP contribution < -0.4 is 5.43 Å². The summed E-state index contributed by atoms with van der Waals surface area (Å²) in [5.41, 5.74) is -0.585. The van der Waals surface area contributed by atoms with E-state index in [-0.39, 0.29) is 17.8 Å². The fourth-order valence-corrected chi connectivity index (χ4v) is 1.41. The van der Waals surface area contributed by atoms with Gasteiger partial charge in [0.1, 0.15) is 17.1 Å². The second-order valence-corrected chi connectivity index (χ2v) is 4.96. The summed E-state index contributed by atoms with van der Waals surface area (Å²) in [6.07, 6.45) is 0.593. The van der Waals surface area contributed by atoms with Crippen LogP contribution in [0.4, 0.5) is 0 Å². The minimum absolute atomic E-state index is 0.104. The van der Waals surface area contributed by atoms with Crippen LogP contribution in [0.2, 0.25) is 0 Å². The van der Waals surface area contributed by atoms with Gasteiger partial charge in [0.15, 0.2) is 5.43 Å². The average molecular weight is 238 g/mol. The van der Waals surface area contributed by atoms with Crippen LogP contribution in [-0.2, 0) is 16.0 Å². The smallest absolute Gasteiger partial charge is 0.306 e. The quantitative estimate of drug-likeness (QED) is 0.758. The predicted molar refractivity (Wildman–Crippen MR) is 63.9 cm³/mol. The highest BCUT2D eigenvalue weighted by atomic mass is 16.6. The first-order valence-corrected chi connectivity index (χ1v) is 5.59. The van der Waals surface area contributed by atoms with Gasteiger partial charge in [-0.05, 0) is 27.7 Å². The lowest BCUT2D eigenvalue weighted by Crippen LogP contribution is -2.24. The third-order valence-corrected chi connectivity index (χ3v) is 1.94. The molecule has 0 fully saturated rings. The Kier molecular flexibility index (Phi) is 4.10. The molecule has 0 aromatic carbocycles. The normalized spacial score (nSPS) is 11.3. The molecule has 0 radical (unpaired) electrons.